The highest BCUT2D eigenvalue weighted by molar-refractivity contribution is 5.89. The van der Waals surface area contributed by atoms with Crippen LogP contribution in [0.5, 0.6) is 0 Å². The highest BCUT2D eigenvalue weighted by Gasteiger charge is 2.61. The fourth-order valence-corrected chi connectivity index (χ4v) is 2.61. The minimum Gasteiger partial charge on any atom is -0.299 e. The zero-order chi connectivity index (χ0) is 9.15. The first kappa shape index (κ1) is 6.22. The topological polar surface area (TPSA) is 17.1 Å². The number of Topliss-reactive ketones (excluding diaryl/α,β-unsaturated/α-hetero) is 1. The van der Waals surface area contributed by atoms with Gasteiger partial charge < -0.3 is 0 Å². The van der Waals surface area contributed by atoms with Crippen molar-refractivity contribution in [2.45, 2.75) is 40.0 Å². The Balaban J connectivity index is 2.51. The van der Waals surface area contributed by atoms with Gasteiger partial charge in [-0.1, -0.05) is 20.8 Å². The van der Waals surface area contributed by atoms with Crippen LogP contribution in [0.4, 0.5) is 0 Å². The van der Waals surface area contributed by atoms with Gasteiger partial charge in [0.2, 0.25) is 0 Å². The zero-order valence-electron chi connectivity index (χ0n) is 8.48. The van der Waals surface area contributed by atoms with E-state index in [2.05, 4.69) is 13.8 Å². The summed E-state index contributed by atoms with van der Waals surface area (Å²) in [7, 11) is 0. The minimum atomic E-state index is -0.350. The molecule has 0 saturated heterocycles. The van der Waals surface area contributed by atoms with Gasteiger partial charge in [0.25, 0.3) is 0 Å². The molecule has 11 heavy (non-hydrogen) atoms. The van der Waals surface area contributed by atoms with E-state index in [-0.39, 0.29) is 17.2 Å². The van der Waals surface area contributed by atoms with Crippen LogP contribution in [-0.4, -0.2) is 5.78 Å². The summed E-state index contributed by atoms with van der Waals surface area (Å²) in [5, 5.41) is 0. The molecular weight excluding hydrogens is 136 g/mol. The van der Waals surface area contributed by atoms with E-state index >= 15 is 0 Å². The summed E-state index contributed by atoms with van der Waals surface area (Å²) in [5.41, 5.74) is -0.284. The van der Waals surface area contributed by atoms with Crippen LogP contribution in [0, 0.1) is 16.7 Å². The number of carbonyl (C=O) groups excluding carboxylic acids is 1. The number of hydrogen-bond donors (Lipinski definition) is 0. The second-order valence-corrected chi connectivity index (χ2v) is 4.69. The molecule has 3 unspecified atom stereocenters. The highest BCUT2D eigenvalue weighted by Crippen LogP contribution is 2.63. The Morgan fingerprint density at radius 1 is 1.55 bits per heavy atom. The zero-order valence-corrected chi connectivity index (χ0v) is 7.48. The summed E-state index contributed by atoms with van der Waals surface area (Å²) < 4.78 is 7.88. The third-order valence-electron chi connectivity index (χ3n) is 4.18. The van der Waals surface area contributed by atoms with Gasteiger partial charge in [0.05, 0.1) is 0 Å². The Morgan fingerprint density at radius 2 is 2.18 bits per heavy atom. The largest absolute Gasteiger partial charge is 0.299 e. The Labute approximate surface area is 69.6 Å². The lowest BCUT2D eigenvalue weighted by molar-refractivity contribution is -0.128. The summed E-state index contributed by atoms with van der Waals surface area (Å²) in [5.74, 6) is 0.793. The maximum atomic E-state index is 11.7. The van der Waals surface area contributed by atoms with Gasteiger partial charge in [-0.3, -0.25) is 4.79 Å². The van der Waals surface area contributed by atoms with Crippen LogP contribution >= 0.6 is 0 Å². The minimum absolute atomic E-state index is 0.0660. The molecule has 2 bridgehead atoms. The van der Waals surface area contributed by atoms with E-state index in [9.17, 15) is 4.79 Å². The molecule has 0 aromatic heterocycles. The molecule has 0 aliphatic heterocycles. The molecule has 1 nitrogen and oxygen atoms in total. The maximum Gasteiger partial charge on any atom is 0.139 e. The second-order valence-electron chi connectivity index (χ2n) is 4.69. The van der Waals surface area contributed by atoms with Crippen molar-refractivity contribution in [2.24, 2.45) is 16.7 Å². The van der Waals surface area contributed by atoms with Crippen molar-refractivity contribution in [3.8, 4) is 0 Å². The lowest BCUT2D eigenvalue weighted by Crippen LogP contribution is -2.32. The average molecular weight is 153 g/mol. The molecular formula is C10H16O. The Morgan fingerprint density at radius 3 is 2.45 bits per heavy atom. The standard InChI is InChI=1S/C10H16O/c1-9(2)7-4-5-10(9,3)8(11)6-7/h7H,4-6H2,1-3H3/i5D. The molecule has 2 aliphatic carbocycles. The summed E-state index contributed by atoms with van der Waals surface area (Å²) in [6, 6.07) is 0. The first-order valence-electron chi connectivity index (χ1n) is 4.94. The smallest absolute Gasteiger partial charge is 0.139 e. The third kappa shape index (κ3) is 0.605. The predicted octanol–water partition coefficient (Wildman–Crippen LogP) is 2.40. The summed E-state index contributed by atoms with van der Waals surface area (Å²) in [4.78, 5) is 11.7. The van der Waals surface area contributed by atoms with Crippen molar-refractivity contribution in [3.05, 3.63) is 0 Å². The highest BCUT2D eigenvalue weighted by atomic mass is 16.1. The Kier molecular flexibility index (Phi) is 0.961. The number of carbonyl (C=O) groups is 1. The van der Waals surface area contributed by atoms with E-state index in [1.54, 1.807) is 0 Å². The Hall–Kier alpha value is -0.330. The monoisotopic (exact) mass is 153 g/mol. The summed E-state index contributed by atoms with van der Waals surface area (Å²) in [6.45, 7) is 6.29. The van der Waals surface area contributed by atoms with E-state index in [0.29, 0.717) is 11.7 Å². The van der Waals surface area contributed by atoms with Crippen LogP contribution in [0.1, 0.15) is 41.4 Å². The molecule has 0 aromatic rings. The molecule has 2 aliphatic rings. The van der Waals surface area contributed by atoms with Gasteiger partial charge in [-0.25, -0.2) is 0 Å². The number of fused-ring (bicyclic) bond motifs is 2. The van der Waals surface area contributed by atoms with Crippen molar-refractivity contribution >= 4 is 5.78 Å². The number of rotatable bonds is 0. The van der Waals surface area contributed by atoms with Gasteiger partial charge in [-0.05, 0) is 24.2 Å². The van der Waals surface area contributed by atoms with E-state index in [4.69, 9.17) is 1.37 Å². The van der Waals surface area contributed by atoms with Crippen LogP contribution < -0.4 is 0 Å². The first-order chi connectivity index (χ1) is 5.40. The van der Waals surface area contributed by atoms with Crippen LogP contribution in [0.25, 0.3) is 0 Å². The first-order valence-corrected chi connectivity index (χ1v) is 4.36. The van der Waals surface area contributed by atoms with E-state index < -0.39 is 0 Å². The summed E-state index contributed by atoms with van der Waals surface area (Å²) >= 11 is 0. The molecule has 2 saturated carbocycles. The SMILES string of the molecule is [2H]C1CC2CC(=O)C1(C)C2(C)C. The van der Waals surface area contributed by atoms with Crippen molar-refractivity contribution in [2.75, 3.05) is 0 Å². The summed E-state index contributed by atoms with van der Waals surface area (Å²) in [6.07, 6.45) is 1.49. The van der Waals surface area contributed by atoms with Crippen molar-refractivity contribution in [3.63, 3.8) is 0 Å². The number of ketones is 1. The number of hydrogen-bond acceptors (Lipinski definition) is 1. The van der Waals surface area contributed by atoms with Gasteiger partial charge in [-0.15, -0.1) is 0 Å². The normalized spacial score (nSPS) is 54.8. The maximum absolute atomic E-state index is 11.7. The molecule has 0 heterocycles. The van der Waals surface area contributed by atoms with Gasteiger partial charge in [0.15, 0.2) is 0 Å². The molecule has 0 spiro atoms. The van der Waals surface area contributed by atoms with Gasteiger partial charge in [0.1, 0.15) is 5.78 Å². The lowest BCUT2D eigenvalue weighted by Gasteiger charge is -2.32. The molecule has 0 aromatic carbocycles. The van der Waals surface area contributed by atoms with Gasteiger partial charge in [0, 0.05) is 13.2 Å². The van der Waals surface area contributed by atoms with E-state index in [1.807, 2.05) is 6.92 Å². The molecule has 0 N–H and O–H groups in total. The van der Waals surface area contributed by atoms with Crippen molar-refractivity contribution < 1.29 is 6.17 Å². The second kappa shape index (κ2) is 1.70. The fraction of sp³-hybridized carbons (Fsp3) is 0.900. The molecule has 1 heteroatoms. The van der Waals surface area contributed by atoms with E-state index in [1.165, 1.54) is 0 Å². The lowest BCUT2D eigenvalue weighted by atomic mass is 9.70. The van der Waals surface area contributed by atoms with Crippen molar-refractivity contribution in [1.29, 1.82) is 0 Å². The predicted molar refractivity (Wildman–Crippen MR) is 44.2 cm³/mol. The molecule has 3 atom stereocenters. The molecule has 62 valence electrons. The molecule has 0 radical (unpaired) electrons. The van der Waals surface area contributed by atoms with Gasteiger partial charge in [-0.2, -0.15) is 0 Å². The van der Waals surface area contributed by atoms with Gasteiger partial charge >= 0.3 is 0 Å². The van der Waals surface area contributed by atoms with E-state index in [0.717, 1.165) is 12.8 Å². The van der Waals surface area contributed by atoms with Crippen LogP contribution in [0.2, 0.25) is 0 Å². The molecule has 2 rings (SSSR count). The van der Waals surface area contributed by atoms with Crippen molar-refractivity contribution in [1.82, 2.24) is 0 Å². The third-order valence-corrected chi connectivity index (χ3v) is 4.18. The van der Waals surface area contributed by atoms with Crippen LogP contribution in [0.3, 0.4) is 0 Å². The van der Waals surface area contributed by atoms with Crippen LogP contribution in [0.15, 0.2) is 0 Å². The fourth-order valence-electron chi connectivity index (χ4n) is 2.61. The molecule has 2 fully saturated rings. The Bertz CT molecular complexity index is 246. The quantitative estimate of drug-likeness (QED) is 0.522. The van der Waals surface area contributed by atoms with Crippen LogP contribution in [-0.2, 0) is 4.79 Å². The molecule has 0 amide bonds. The average Bonchev–Trinajstić information content (AvgIpc) is 2.20.